The quantitative estimate of drug-likeness (QED) is 0.813. The molecule has 3 saturated heterocycles. The number of carbonyl (C=O) groups excluding carboxylic acids is 1. The number of amides is 1. The molecule has 160 valence electrons. The van der Waals surface area contributed by atoms with Crippen LogP contribution in [0, 0.1) is 17.7 Å². The number of likely N-dealkylation sites (tertiary alicyclic amines) is 1. The van der Waals surface area contributed by atoms with Crippen LogP contribution in [0.5, 0.6) is 0 Å². The first-order valence-electron chi connectivity index (χ1n) is 10.9. The third-order valence-electron chi connectivity index (χ3n) is 7.15. The first kappa shape index (κ1) is 19.4. The van der Waals surface area contributed by atoms with E-state index in [2.05, 4.69) is 20.4 Å². The van der Waals surface area contributed by atoms with Crippen LogP contribution in [0.1, 0.15) is 31.2 Å². The Hall–Kier alpha value is -2.55. The minimum absolute atomic E-state index is 0.0115. The van der Waals surface area contributed by atoms with Crippen LogP contribution in [0.2, 0.25) is 0 Å². The number of hydrogen-bond acceptors (Lipinski definition) is 6. The molecule has 30 heavy (non-hydrogen) atoms. The number of rotatable bonds is 4. The van der Waals surface area contributed by atoms with Crippen LogP contribution in [0.3, 0.4) is 0 Å². The Balaban J connectivity index is 1.37. The van der Waals surface area contributed by atoms with Crippen LogP contribution in [0.4, 0.5) is 10.3 Å². The van der Waals surface area contributed by atoms with Crippen molar-refractivity contribution in [3.63, 3.8) is 0 Å². The van der Waals surface area contributed by atoms with Crippen LogP contribution in [-0.2, 0) is 17.8 Å². The maximum absolute atomic E-state index is 13.8. The van der Waals surface area contributed by atoms with Gasteiger partial charge in [-0.15, -0.1) is 0 Å². The van der Waals surface area contributed by atoms with Gasteiger partial charge in [-0.3, -0.25) is 9.69 Å². The predicted molar refractivity (Wildman–Crippen MR) is 109 cm³/mol. The molecule has 2 N–H and O–H groups in total. The molecule has 3 fully saturated rings. The van der Waals surface area contributed by atoms with Crippen molar-refractivity contribution in [3.05, 3.63) is 35.6 Å². The number of benzene rings is 1. The Bertz CT molecular complexity index is 918. The molecular formula is C21H28FN7O. The zero-order valence-electron chi connectivity index (χ0n) is 17.0. The van der Waals surface area contributed by atoms with E-state index in [0.717, 1.165) is 38.0 Å². The van der Waals surface area contributed by atoms with Gasteiger partial charge in [-0.05, 0) is 72.2 Å². The minimum atomic E-state index is -0.184. The Morgan fingerprint density at radius 3 is 2.90 bits per heavy atom. The second kappa shape index (κ2) is 7.94. The van der Waals surface area contributed by atoms with Crippen molar-refractivity contribution in [1.82, 2.24) is 30.0 Å². The Labute approximate surface area is 175 Å². The third kappa shape index (κ3) is 3.66. The van der Waals surface area contributed by atoms with Gasteiger partial charge in [0.15, 0.2) is 0 Å². The van der Waals surface area contributed by atoms with Crippen LogP contribution in [0.25, 0.3) is 0 Å². The number of anilines is 1. The molecule has 3 aliphatic rings. The number of nitrogens with two attached hydrogens (primary N) is 1. The van der Waals surface area contributed by atoms with E-state index in [1.807, 2.05) is 11.0 Å². The van der Waals surface area contributed by atoms with E-state index in [9.17, 15) is 9.18 Å². The summed E-state index contributed by atoms with van der Waals surface area (Å²) in [4.78, 5) is 17.7. The highest BCUT2D eigenvalue weighted by Gasteiger charge is 2.47. The summed E-state index contributed by atoms with van der Waals surface area (Å²) in [7, 11) is 0. The molecule has 0 saturated carbocycles. The number of fused-ring (bicyclic) bond motifs is 4. The molecule has 8 nitrogen and oxygen atoms in total. The third-order valence-corrected chi connectivity index (χ3v) is 7.15. The first-order chi connectivity index (χ1) is 14.6. The van der Waals surface area contributed by atoms with Gasteiger partial charge in [0, 0.05) is 25.2 Å². The van der Waals surface area contributed by atoms with E-state index < -0.39 is 0 Å². The molecule has 0 spiro atoms. The van der Waals surface area contributed by atoms with Crippen LogP contribution >= 0.6 is 0 Å². The zero-order chi connectivity index (χ0) is 20.7. The molecule has 0 aliphatic carbocycles. The van der Waals surface area contributed by atoms with Crippen LogP contribution < -0.4 is 5.73 Å². The monoisotopic (exact) mass is 413 g/mol. The number of aromatic nitrogens is 4. The average Bonchev–Trinajstić information content (AvgIpc) is 3.15. The molecule has 1 amide bonds. The molecule has 0 unspecified atom stereocenters. The topological polar surface area (TPSA) is 93.2 Å². The maximum Gasteiger partial charge on any atom is 0.244 e. The highest BCUT2D eigenvalue weighted by molar-refractivity contribution is 5.76. The van der Waals surface area contributed by atoms with Gasteiger partial charge in [0.25, 0.3) is 0 Å². The molecule has 0 radical (unpaired) electrons. The van der Waals surface area contributed by atoms with Crippen LogP contribution in [0.15, 0.2) is 24.3 Å². The lowest BCUT2D eigenvalue weighted by Crippen LogP contribution is -2.64. The number of carbonyl (C=O) groups is 1. The molecule has 4 atom stereocenters. The van der Waals surface area contributed by atoms with E-state index in [-0.39, 0.29) is 24.2 Å². The summed E-state index contributed by atoms with van der Waals surface area (Å²) in [5.41, 5.74) is 6.77. The summed E-state index contributed by atoms with van der Waals surface area (Å²) in [5, 5.41) is 11.0. The standard InChI is InChI=1S/C21H28FN7O/c22-17-5-3-4-14(8-17)9-19-16-10-15(18-6-1-2-7-28(18)19)11-27(12-16)20(30)13-29-21(23)24-25-26-29/h3-5,8,15-16,18-19H,1-2,6-7,9-13H2,(H2,23,24,26)/t15-,16+,18+,19+/m1/s1. The Morgan fingerprint density at radius 1 is 1.23 bits per heavy atom. The molecule has 9 heteroatoms. The molecular weight excluding hydrogens is 385 g/mol. The van der Waals surface area contributed by atoms with E-state index in [1.165, 1.54) is 30.0 Å². The normalized spacial score (nSPS) is 28.9. The number of nitrogen functional groups attached to an aromatic ring is 1. The molecule has 3 aliphatic heterocycles. The summed E-state index contributed by atoms with van der Waals surface area (Å²) in [6.07, 6.45) is 5.60. The van der Waals surface area contributed by atoms with E-state index in [4.69, 9.17) is 5.73 Å². The molecule has 1 aromatic heterocycles. The zero-order valence-corrected chi connectivity index (χ0v) is 17.0. The number of tetrazole rings is 1. The van der Waals surface area contributed by atoms with Gasteiger partial charge < -0.3 is 10.6 Å². The Morgan fingerprint density at radius 2 is 2.10 bits per heavy atom. The summed E-state index contributed by atoms with van der Waals surface area (Å²) < 4.78 is 15.1. The van der Waals surface area contributed by atoms with Gasteiger partial charge in [-0.1, -0.05) is 23.7 Å². The van der Waals surface area contributed by atoms with Gasteiger partial charge in [0.2, 0.25) is 11.9 Å². The van der Waals surface area contributed by atoms with Crippen molar-refractivity contribution in [2.24, 2.45) is 11.8 Å². The van der Waals surface area contributed by atoms with Crippen molar-refractivity contribution < 1.29 is 9.18 Å². The second-order valence-corrected chi connectivity index (χ2v) is 8.95. The van der Waals surface area contributed by atoms with E-state index in [0.29, 0.717) is 23.9 Å². The summed E-state index contributed by atoms with van der Waals surface area (Å²) in [5.74, 6) is 0.857. The molecule has 1 aromatic carbocycles. The predicted octanol–water partition coefficient (Wildman–Crippen LogP) is 1.34. The lowest BCUT2D eigenvalue weighted by atomic mass is 9.71. The molecule has 2 bridgehead atoms. The van der Waals surface area contributed by atoms with Crippen molar-refractivity contribution in [2.45, 2.75) is 50.7 Å². The van der Waals surface area contributed by atoms with Gasteiger partial charge in [0.1, 0.15) is 12.4 Å². The fourth-order valence-electron chi connectivity index (χ4n) is 5.85. The van der Waals surface area contributed by atoms with Crippen molar-refractivity contribution in [2.75, 3.05) is 25.4 Å². The fourth-order valence-corrected chi connectivity index (χ4v) is 5.85. The smallest absolute Gasteiger partial charge is 0.244 e. The SMILES string of the molecule is Nc1nnnn1CC(=O)N1C[C@H]2C[C@@H](C1)[C@H](Cc1cccc(F)c1)N1CCCC[C@@H]21. The van der Waals surface area contributed by atoms with Gasteiger partial charge >= 0.3 is 0 Å². The van der Waals surface area contributed by atoms with Gasteiger partial charge in [-0.2, -0.15) is 0 Å². The number of hydrogen-bond donors (Lipinski definition) is 1. The Kier molecular flexibility index (Phi) is 5.14. The van der Waals surface area contributed by atoms with Crippen molar-refractivity contribution >= 4 is 11.9 Å². The van der Waals surface area contributed by atoms with Crippen molar-refractivity contribution in [3.8, 4) is 0 Å². The molecule has 4 heterocycles. The van der Waals surface area contributed by atoms with E-state index in [1.54, 1.807) is 12.1 Å². The van der Waals surface area contributed by atoms with Crippen LogP contribution in [-0.4, -0.2) is 67.6 Å². The number of nitrogens with zero attached hydrogens (tertiary/aromatic N) is 6. The van der Waals surface area contributed by atoms with Crippen molar-refractivity contribution in [1.29, 1.82) is 0 Å². The average molecular weight is 414 g/mol. The first-order valence-corrected chi connectivity index (χ1v) is 10.9. The summed E-state index contributed by atoms with van der Waals surface area (Å²) in [6.45, 7) is 2.68. The van der Waals surface area contributed by atoms with E-state index >= 15 is 0 Å². The second-order valence-electron chi connectivity index (χ2n) is 8.95. The summed E-state index contributed by atoms with van der Waals surface area (Å²) in [6, 6.07) is 7.79. The summed E-state index contributed by atoms with van der Waals surface area (Å²) >= 11 is 0. The lowest BCUT2D eigenvalue weighted by molar-refractivity contribution is -0.141. The maximum atomic E-state index is 13.8. The highest BCUT2D eigenvalue weighted by atomic mass is 19.1. The van der Waals surface area contributed by atoms with Gasteiger partial charge in [-0.25, -0.2) is 9.07 Å². The molecule has 5 rings (SSSR count). The highest BCUT2D eigenvalue weighted by Crippen LogP contribution is 2.42. The number of halogens is 1. The van der Waals surface area contributed by atoms with Gasteiger partial charge in [0.05, 0.1) is 0 Å². The lowest BCUT2D eigenvalue weighted by Gasteiger charge is -2.57. The molecule has 2 aromatic rings. The largest absolute Gasteiger partial charge is 0.367 e. The fraction of sp³-hybridized carbons (Fsp3) is 0.619. The number of piperidine rings is 3. The minimum Gasteiger partial charge on any atom is -0.367 e.